The second-order valence-corrected chi connectivity index (χ2v) is 22.0. The van der Waals surface area contributed by atoms with Crippen molar-refractivity contribution in [1.29, 1.82) is 5.26 Å². The van der Waals surface area contributed by atoms with Gasteiger partial charge in [0.25, 0.3) is 0 Å². The molecule has 0 aliphatic rings. The van der Waals surface area contributed by atoms with Crippen molar-refractivity contribution in [3.8, 4) is 73.1 Å². The Bertz CT molecular complexity index is 4780. The lowest BCUT2D eigenvalue weighted by Gasteiger charge is -2.19. The number of nitrogens with zero attached hydrogens (tertiary/aromatic N) is 4. The Kier molecular flexibility index (Phi) is 15.3. The first-order chi connectivity index (χ1) is 44.5. The van der Waals surface area contributed by atoms with E-state index in [1.54, 1.807) is 0 Å². The fraction of sp³-hybridized carbons (Fsp3) is 0.118. The molecular formula is C68H30F24N4. The fourth-order valence-electron chi connectivity index (χ4n) is 11.6. The zero-order valence-corrected chi connectivity index (χ0v) is 47.2. The van der Waals surface area contributed by atoms with E-state index in [1.165, 1.54) is 70.1 Å². The molecule has 0 aliphatic heterocycles. The summed E-state index contributed by atoms with van der Waals surface area (Å²) in [6.07, 6.45) is -40.2. The lowest BCUT2D eigenvalue weighted by Crippen LogP contribution is -2.11. The molecule has 0 unspecified atom stereocenters. The second kappa shape index (κ2) is 22.3. The molecule has 12 aromatic rings. The van der Waals surface area contributed by atoms with Crippen molar-refractivity contribution >= 4 is 43.6 Å². The summed E-state index contributed by atoms with van der Waals surface area (Å²) in [5, 5.41) is 10.8. The van der Waals surface area contributed by atoms with E-state index in [2.05, 4.69) is 4.98 Å². The van der Waals surface area contributed by atoms with Crippen molar-refractivity contribution in [2.45, 2.75) is 49.4 Å². The Morgan fingerprint density at radius 1 is 0.250 bits per heavy atom. The standard InChI is InChI=1S/C68H30F24N4/c69-61(70,71)42-13-37(14-43(26-42)62(72,73)74)33-1-5-55-51(21-33)52-22-34(38-15-44(63(75,76)77)27-45(16-38)64(78,79)80)2-6-56(52)95(55)59-30-50(32-9-11-94-12-10-32)60(25-41(59)31-93)96-57-7-3-35(39-17-46(65(81,82)83)28-47(18-39)66(84,85)86)23-53(57)54-24-36(4-8-58(54)96)40-19-48(67(87,88)89)29-49(20-40)68(90,91)92/h1-30H. The Hall–Kier alpha value is -10.5. The molecule has 490 valence electrons. The molecule has 0 amide bonds. The van der Waals surface area contributed by atoms with Crippen molar-refractivity contribution in [2.24, 2.45) is 0 Å². The van der Waals surface area contributed by atoms with Crippen molar-refractivity contribution in [3.05, 3.63) is 232 Å². The highest BCUT2D eigenvalue weighted by Gasteiger charge is 2.42. The molecule has 0 bridgehead atoms. The number of rotatable bonds is 7. The summed E-state index contributed by atoms with van der Waals surface area (Å²) in [6.45, 7) is 0. The van der Waals surface area contributed by atoms with Crippen molar-refractivity contribution in [1.82, 2.24) is 14.1 Å². The van der Waals surface area contributed by atoms with E-state index in [1.807, 2.05) is 6.07 Å². The van der Waals surface area contributed by atoms with E-state index in [0.29, 0.717) is 48.5 Å². The van der Waals surface area contributed by atoms with Crippen molar-refractivity contribution in [2.75, 3.05) is 0 Å². The van der Waals surface area contributed by atoms with Gasteiger partial charge in [-0.05, 0) is 196 Å². The maximum absolute atomic E-state index is 14.3. The van der Waals surface area contributed by atoms with E-state index in [0.717, 1.165) is 48.5 Å². The average Bonchev–Trinajstić information content (AvgIpc) is 1.56. The first-order valence-corrected chi connectivity index (χ1v) is 27.4. The topological polar surface area (TPSA) is 46.5 Å². The number of aromatic nitrogens is 3. The first-order valence-electron chi connectivity index (χ1n) is 27.4. The number of hydrogen-bond acceptors (Lipinski definition) is 2. The van der Waals surface area contributed by atoms with Crippen LogP contribution in [-0.2, 0) is 49.4 Å². The molecule has 0 atom stereocenters. The van der Waals surface area contributed by atoms with Crippen LogP contribution in [0.15, 0.2) is 182 Å². The summed E-state index contributed by atoms with van der Waals surface area (Å²) < 4.78 is 346. The normalized spacial score (nSPS) is 13.2. The first kappa shape index (κ1) is 65.6. The Morgan fingerprint density at radius 2 is 0.490 bits per heavy atom. The Labute approximate surface area is 521 Å². The van der Waals surface area contributed by atoms with Crippen LogP contribution in [0.3, 0.4) is 0 Å². The molecule has 0 aliphatic carbocycles. The third-order valence-electron chi connectivity index (χ3n) is 15.9. The summed E-state index contributed by atoms with van der Waals surface area (Å²) in [5.74, 6) is 0. The minimum Gasteiger partial charge on any atom is -0.309 e. The van der Waals surface area contributed by atoms with Crippen LogP contribution in [0.1, 0.15) is 50.1 Å². The molecule has 12 rings (SSSR count). The number of fused-ring (bicyclic) bond motifs is 6. The van der Waals surface area contributed by atoms with Gasteiger partial charge in [-0.1, -0.05) is 24.3 Å². The maximum Gasteiger partial charge on any atom is 0.416 e. The molecule has 0 N–H and O–H groups in total. The van der Waals surface area contributed by atoms with Crippen molar-refractivity contribution < 1.29 is 105 Å². The van der Waals surface area contributed by atoms with Gasteiger partial charge in [-0.25, -0.2) is 0 Å². The van der Waals surface area contributed by atoms with Crippen LogP contribution in [0.2, 0.25) is 0 Å². The zero-order valence-electron chi connectivity index (χ0n) is 47.2. The SMILES string of the molecule is N#Cc1cc(-n2c3ccc(-c4cc(C(F)(F)F)cc(C(F)(F)F)c4)cc3c3cc(-c4cc(C(F)(F)F)cc(C(F)(F)F)c4)ccc32)c(-c2ccncc2)cc1-n1c2ccc(-c3cc(C(F)(F)F)cc(C(F)(F)F)c3)cc2c2cc(-c3cc(C(F)(F)F)cc(C(F)(F)F)c3)ccc21. The van der Waals surface area contributed by atoms with E-state index in [9.17, 15) is 111 Å². The lowest BCUT2D eigenvalue weighted by atomic mass is 9.96. The summed E-state index contributed by atoms with van der Waals surface area (Å²) >= 11 is 0. The van der Waals surface area contributed by atoms with Crippen LogP contribution < -0.4 is 0 Å². The number of halogens is 24. The van der Waals surface area contributed by atoms with Gasteiger partial charge in [0.15, 0.2) is 0 Å². The number of hydrogen-bond donors (Lipinski definition) is 0. The molecule has 0 spiro atoms. The largest absolute Gasteiger partial charge is 0.416 e. The van der Waals surface area contributed by atoms with Gasteiger partial charge in [-0.15, -0.1) is 0 Å². The lowest BCUT2D eigenvalue weighted by molar-refractivity contribution is -0.144. The van der Waals surface area contributed by atoms with Gasteiger partial charge in [0.2, 0.25) is 0 Å². The van der Waals surface area contributed by atoms with Crippen LogP contribution in [0.4, 0.5) is 105 Å². The quantitative estimate of drug-likeness (QED) is 0.149. The number of pyridine rings is 1. The highest BCUT2D eigenvalue weighted by molar-refractivity contribution is 6.14. The van der Waals surface area contributed by atoms with Crippen LogP contribution in [-0.4, -0.2) is 14.1 Å². The highest BCUT2D eigenvalue weighted by Crippen LogP contribution is 2.49. The van der Waals surface area contributed by atoms with E-state index < -0.39 is 116 Å². The molecule has 9 aromatic carbocycles. The van der Waals surface area contributed by atoms with Crippen molar-refractivity contribution in [3.63, 3.8) is 0 Å². The van der Waals surface area contributed by atoms with Gasteiger partial charge in [0.1, 0.15) is 6.07 Å². The molecule has 96 heavy (non-hydrogen) atoms. The van der Waals surface area contributed by atoms with Gasteiger partial charge >= 0.3 is 49.4 Å². The fourth-order valence-corrected chi connectivity index (χ4v) is 11.6. The highest BCUT2D eigenvalue weighted by atomic mass is 19.4. The van der Waals surface area contributed by atoms with Crippen LogP contribution in [0, 0.1) is 11.3 Å². The maximum atomic E-state index is 14.3. The monoisotopic (exact) mass is 1360 g/mol. The van der Waals surface area contributed by atoms with E-state index in [4.69, 9.17) is 0 Å². The summed E-state index contributed by atoms with van der Waals surface area (Å²) in [7, 11) is 0. The minimum atomic E-state index is -5.35. The van der Waals surface area contributed by atoms with E-state index in [-0.39, 0.29) is 118 Å². The summed E-state index contributed by atoms with van der Waals surface area (Å²) in [4.78, 5) is 4.06. The number of alkyl halides is 24. The van der Waals surface area contributed by atoms with Gasteiger partial charge in [0, 0.05) is 39.5 Å². The number of nitriles is 1. The van der Waals surface area contributed by atoms with Crippen LogP contribution in [0.5, 0.6) is 0 Å². The molecule has 0 fully saturated rings. The molecule has 0 radical (unpaired) electrons. The summed E-state index contributed by atoms with van der Waals surface area (Å²) in [5.41, 5.74) is -18.3. The van der Waals surface area contributed by atoms with Crippen LogP contribution >= 0.6 is 0 Å². The minimum absolute atomic E-state index is 0.0237. The van der Waals surface area contributed by atoms with E-state index >= 15 is 0 Å². The third-order valence-corrected chi connectivity index (χ3v) is 15.9. The molecule has 3 aromatic heterocycles. The second-order valence-electron chi connectivity index (χ2n) is 22.0. The average molecular weight is 1360 g/mol. The molecule has 0 saturated carbocycles. The zero-order chi connectivity index (χ0) is 69.5. The predicted molar refractivity (Wildman–Crippen MR) is 305 cm³/mol. The third kappa shape index (κ3) is 12.3. The van der Waals surface area contributed by atoms with Gasteiger partial charge in [-0.3, -0.25) is 4.98 Å². The molecule has 4 nitrogen and oxygen atoms in total. The summed E-state index contributed by atoms with van der Waals surface area (Å²) in [6, 6.07) is 23.8. The molecule has 0 saturated heterocycles. The Morgan fingerprint density at radius 3 is 0.719 bits per heavy atom. The van der Waals surface area contributed by atoms with Gasteiger partial charge < -0.3 is 9.13 Å². The van der Waals surface area contributed by atoms with Gasteiger partial charge in [0.05, 0.1) is 83.5 Å². The number of benzene rings is 9. The van der Waals surface area contributed by atoms with Crippen LogP contribution in [0.25, 0.3) is 111 Å². The molecular weight excluding hydrogens is 1330 g/mol. The molecule has 28 heteroatoms. The smallest absolute Gasteiger partial charge is 0.309 e. The van der Waals surface area contributed by atoms with Gasteiger partial charge in [-0.2, -0.15) is 111 Å². The molecule has 3 heterocycles. The Balaban J connectivity index is 1.16. The predicted octanol–water partition coefficient (Wildman–Crippen LogP) is 23.6.